The summed E-state index contributed by atoms with van der Waals surface area (Å²) in [6.07, 6.45) is 2.94. The molecule has 4 heteroatoms. The second-order valence-electron chi connectivity index (χ2n) is 4.50. The minimum absolute atomic E-state index is 0.224. The molecule has 1 heterocycles. The normalized spacial score (nSPS) is 25.9. The van der Waals surface area contributed by atoms with Crippen LogP contribution in [0.1, 0.15) is 34.1 Å². The minimum atomic E-state index is -0.447. The number of esters is 1. The number of hydrogen-bond donors (Lipinski definition) is 0. The lowest BCUT2D eigenvalue weighted by atomic mass is 10.2. The molecule has 0 amide bonds. The van der Waals surface area contributed by atoms with Gasteiger partial charge in [-0.2, -0.15) is 0 Å². The molecule has 2 atom stereocenters. The van der Waals surface area contributed by atoms with E-state index in [0.29, 0.717) is 0 Å². The molecule has 0 aromatic heterocycles. The number of carbonyl (C=O) groups excluding carboxylic acids is 1. The second kappa shape index (κ2) is 4.66. The zero-order chi connectivity index (χ0) is 11.5. The van der Waals surface area contributed by atoms with Crippen molar-refractivity contribution in [3.8, 4) is 0 Å². The Morgan fingerprint density at radius 3 is 2.67 bits per heavy atom. The highest BCUT2D eigenvalue weighted by atomic mass is 16.7. The molecule has 1 aliphatic heterocycles. The summed E-state index contributed by atoms with van der Waals surface area (Å²) in [4.78, 5) is 11.5. The predicted octanol–water partition coefficient (Wildman–Crippen LogP) is 1.99. The molecule has 0 aliphatic carbocycles. The molecule has 0 N–H and O–H groups in total. The van der Waals surface area contributed by atoms with E-state index in [-0.39, 0.29) is 24.8 Å². The first-order chi connectivity index (χ1) is 6.87. The number of hydrogen-bond acceptors (Lipinski definition) is 4. The van der Waals surface area contributed by atoms with Crippen molar-refractivity contribution in [2.24, 2.45) is 0 Å². The molecular formula is C11H18O4. The topological polar surface area (TPSA) is 44.8 Å². The Bertz CT molecular complexity index is 252. The zero-order valence-corrected chi connectivity index (χ0v) is 9.65. The Hall–Kier alpha value is -1.03. The molecule has 4 nitrogen and oxygen atoms in total. The molecule has 0 saturated carbocycles. The first-order valence-electron chi connectivity index (χ1n) is 5.06. The van der Waals surface area contributed by atoms with Gasteiger partial charge < -0.3 is 14.2 Å². The number of rotatable bonds is 2. The highest BCUT2D eigenvalue weighted by molar-refractivity contribution is 5.70. The molecule has 0 aromatic rings. The van der Waals surface area contributed by atoms with E-state index in [1.165, 1.54) is 0 Å². The van der Waals surface area contributed by atoms with Gasteiger partial charge in [-0.1, -0.05) is 0 Å². The summed E-state index contributed by atoms with van der Waals surface area (Å²) in [5.74, 6) is -0.258. The van der Waals surface area contributed by atoms with Crippen molar-refractivity contribution in [1.82, 2.24) is 0 Å². The molecule has 15 heavy (non-hydrogen) atoms. The van der Waals surface area contributed by atoms with E-state index in [1.807, 2.05) is 20.8 Å². The lowest BCUT2D eigenvalue weighted by Gasteiger charge is -2.25. The van der Waals surface area contributed by atoms with Gasteiger partial charge in [0.1, 0.15) is 5.60 Å². The fraction of sp³-hybridized carbons (Fsp3) is 0.727. The van der Waals surface area contributed by atoms with E-state index >= 15 is 0 Å². The van der Waals surface area contributed by atoms with Crippen LogP contribution in [0.25, 0.3) is 0 Å². The quantitative estimate of drug-likeness (QED) is 0.659. The van der Waals surface area contributed by atoms with Crippen LogP contribution in [0, 0.1) is 0 Å². The maximum Gasteiger partial charge on any atom is 0.309 e. The second-order valence-corrected chi connectivity index (χ2v) is 4.50. The average molecular weight is 214 g/mol. The summed E-state index contributed by atoms with van der Waals surface area (Å²) < 4.78 is 15.6. The van der Waals surface area contributed by atoms with Crippen molar-refractivity contribution >= 4 is 5.97 Å². The molecule has 0 saturated heterocycles. The monoisotopic (exact) mass is 214 g/mol. The molecule has 0 fully saturated rings. The smallest absolute Gasteiger partial charge is 0.309 e. The SMILES string of the molecule is CC1OC=CC(CC(=O)OC(C)(C)C)O1. The van der Waals surface area contributed by atoms with E-state index in [2.05, 4.69) is 0 Å². The van der Waals surface area contributed by atoms with Crippen LogP contribution in [0.4, 0.5) is 0 Å². The lowest BCUT2D eigenvalue weighted by molar-refractivity contribution is -0.166. The van der Waals surface area contributed by atoms with Gasteiger partial charge in [-0.25, -0.2) is 0 Å². The highest BCUT2D eigenvalue weighted by Crippen LogP contribution is 2.15. The zero-order valence-electron chi connectivity index (χ0n) is 9.65. The maximum atomic E-state index is 11.5. The summed E-state index contributed by atoms with van der Waals surface area (Å²) in [5, 5.41) is 0. The van der Waals surface area contributed by atoms with Crippen LogP contribution in [-0.4, -0.2) is 24.0 Å². The summed E-state index contributed by atoms with van der Waals surface area (Å²) >= 11 is 0. The third-order valence-electron chi connectivity index (χ3n) is 1.72. The Morgan fingerprint density at radius 2 is 2.13 bits per heavy atom. The van der Waals surface area contributed by atoms with Gasteiger partial charge in [0.15, 0.2) is 6.29 Å². The summed E-state index contributed by atoms with van der Waals surface area (Å²) in [7, 11) is 0. The fourth-order valence-electron chi connectivity index (χ4n) is 1.23. The van der Waals surface area contributed by atoms with E-state index in [1.54, 1.807) is 19.3 Å². The van der Waals surface area contributed by atoms with E-state index < -0.39 is 5.60 Å². The van der Waals surface area contributed by atoms with Crippen LogP contribution < -0.4 is 0 Å². The van der Waals surface area contributed by atoms with Crippen LogP contribution in [-0.2, 0) is 19.0 Å². The standard InChI is InChI=1S/C11H18O4/c1-8-13-6-5-9(14-8)7-10(12)15-11(2,3)4/h5-6,8-9H,7H2,1-4H3. The summed E-state index contributed by atoms with van der Waals surface area (Å²) in [6, 6.07) is 0. The van der Waals surface area contributed by atoms with Crippen molar-refractivity contribution < 1.29 is 19.0 Å². The van der Waals surface area contributed by atoms with Crippen molar-refractivity contribution in [3.05, 3.63) is 12.3 Å². The molecule has 86 valence electrons. The molecular weight excluding hydrogens is 196 g/mol. The van der Waals surface area contributed by atoms with Crippen LogP contribution in [0.3, 0.4) is 0 Å². The fourth-order valence-corrected chi connectivity index (χ4v) is 1.23. The molecule has 1 rings (SSSR count). The number of ether oxygens (including phenoxy) is 3. The van der Waals surface area contributed by atoms with Crippen molar-refractivity contribution in [2.75, 3.05) is 0 Å². The van der Waals surface area contributed by atoms with Crippen LogP contribution in [0.15, 0.2) is 12.3 Å². The molecule has 0 aromatic carbocycles. The third kappa shape index (κ3) is 4.83. The highest BCUT2D eigenvalue weighted by Gasteiger charge is 2.22. The van der Waals surface area contributed by atoms with Crippen LogP contribution in [0.2, 0.25) is 0 Å². The first kappa shape index (κ1) is 12.0. The molecule has 0 radical (unpaired) electrons. The summed E-state index contributed by atoms with van der Waals surface area (Å²) in [5.41, 5.74) is -0.447. The van der Waals surface area contributed by atoms with Gasteiger partial charge in [0, 0.05) is 0 Å². The summed E-state index contributed by atoms with van der Waals surface area (Å²) in [6.45, 7) is 7.31. The Labute approximate surface area is 90.2 Å². The molecule has 0 spiro atoms. The Kier molecular flexibility index (Phi) is 3.74. The van der Waals surface area contributed by atoms with E-state index in [4.69, 9.17) is 14.2 Å². The van der Waals surface area contributed by atoms with Gasteiger partial charge in [-0.05, 0) is 33.8 Å². The Morgan fingerprint density at radius 1 is 1.47 bits per heavy atom. The van der Waals surface area contributed by atoms with Crippen LogP contribution >= 0.6 is 0 Å². The van der Waals surface area contributed by atoms with E-state index in [9.17, 15) is 4.79 Å². The van der Waals surface area contributed by atoms with Crippen molar-refractivity contribution in [2.45, 2.75) is 52.1 Å². The Balaban J connectivity index is 2.38. The van der Waals surface area contributed by atoms with E-state index in [0.717, 1.165) is 0 Å². The first-order valence-corrected chi connectivity index (χ1v) is 5.06. The molecule has 2 unspecified atom stereocenters. The van der Waals surface area contributed by atoms with Gasteiger partial charge >= 0.3 is 5.97 Å². The molecule has 1 aliphatic rings. The largest absolute Gasteiger partial charge is 0.473 e. The van der Waals surface area contributed by atoms with Gasteiger partial charge in [0.25, 0.3) is 0 Å². The molecule has 0 bridgehead atoms. The predicted molar refractivity (Wildman–Crippen MR) is 55.0 cm³/mol. The number of carbonyl (C=O) groups is 1. The average Bonchev–Trinajstić information content (AvgIpc) is 1.99. The van der Waals surface area contributed by atoms with Crippen LogP contribution in [0.5, 0.6) is 0 Å². The minimum Gasteiger partial charge on any atom is -0.473 e. The van der Waals surface area contributed by atoms with Gasteiger partial charge in [0.2, 0.25) is 0 Å². The van der Waals surface area contributed by atoms with Crippen molar-refractivity contribution in [1.29, 1.82) is 0 Å². The lowest BCUT2D eigenvalue weighted by Crippen LogP contribution is -2.30. The van der Waals surface area contributed by atoms with Gasteiger partial charge in [-0.3, -0.25) is 4.79 Å². The van der Waals surface area contributed by atoms with Gasteiger partial charge in [0.05, 0.1) is 18.8 Å². The maximum absolute atomic E-state index is 11.5. The third-order valence-corrected chi connectivity index (χ3v) is 1.72. The van der Waals surface area contributed by atoms with Crippen molar-refractivity contribution in [3.63, 3.8) is 0 Å². The van der Waals surface area contributed by atoms with Gasteiger partial charge in [-0.15, -0.1) is 0 Å².